The number of ether oxygens (including phenoxy) is 3. The fourth-order valence-corrected chi connectivity index (χ4v) is 9.96. The van der Waals surface area contributed by atoms with Crippen molar-refractivity contribution >= 4 is 17.9 Å². The number of carbonyl (C=O) groups excluding carboxylic acids is 3. The molecule has 448 valence electrons. The lowest BCUT2D eigenvalue weighted by Gasteiger charge is -2.18. The van der Waals surface area contributed by atoms with Crippen molar-refractivity contribution in [1.82, 2.24) is 0 Å². The Kier molecular flexibility index (Phi) is 63.2. The van der Waals surface area contributed by atoms with Crippen molar-refractivity contribution in [3.8, 4) is 0 Å². The van der Waals surface area contributed by atoms with Gasteiger partial charge >= 0.3 is 17.9 Å². The summed E-state index contributed by atoms with van der Waals surface area (Å²) < 4.78 is 17.0. The van der Waals surface area contributed by atoms with Gasteiger partial charge in [-0.1, -0.05) is 313 Å². The van der Waals surface area contributed by atoms with Crippen LogP contribution in [0, 0.1) is 0 Å². The number of allylic oxidation sites excluding steroid dienone is 10. The summed E-state index contributed by atoms with van der Waals surface area (Å²) in [5, 5.41) is 0. The summed E-state index contributed by atoms with van der Waals surface area (Å²) in [6.45, 7) is 6.58. The second kappa shape index (κ2) is 65.6. The van der Waals surface area contributed by atoms with Crippen molar-refractivity contribution < 1.29 is 28.6 Å². The molecule has 0 spiro atoms. The zero-order valence-electron chi connectivity index (χ0n) is 51.5. The molecule has 6 nitrogen and oxygen atoms in total. The Balaban J connectivity index is 4.30. The van der Waals surface area contributed by atoms with Gasteiger partial charge in [-0.15, -0.1) is 0 Å². The Morgan fingerprint density at radius 3 is 0.805 bits per heavy atom. The first kappa shape index (κ1) is 74.1. The van der Waals surface area contributed by atoms with E-state index in [9.17, 15) is 14.4 Å². The Labute approximate surface area is 479 Å². The van der Waals surface area contributed by atoms with Gasteiger partial charge in [-0.2, -0.15) is 0 Å². The summed E-state index contributed by atoms with van der Waals surface area (Å²) in [4.78, 5) is 38.4. The summed E-state index contributed by atoms with van der Waals surface area (Å²) in [5.41, 5.74) is 0. The molecule has 1 atom stereocenters. The molecule has 0 bridgehead atoms. The molecule has 0 amide bonds. The van der Waals surface area contributed by atoms with Crippen LogP contribution in [0.5, 0.6) is 0 Å². The monoisotopic (exact) mass is 1080 g/mol. The molecule has 0 saturated heterocycles. The molecule has 0 aromatic rings. The maximum Gasteiger partial charge on any atom is 0.306 e. The molecule has 6 heteroatoms. The molecule has 77 heavy (non-hydrogen) atoms. The van der Waals surface area contributed by atoms with Gasteiger partial charge in [0.15, 0.2) is 6.10 Å². The second-order valence-corrected chi connectivity index (χ2v) is 22.7. The van der Waals surface area contributed by atoms with Crippen molar-refractivity contribution in [2.24, 2.45) is 0 Å². The van der Waals surface area contributed by atoms with Crippen LogP contribution in [0.4, 0.5) is 0 Å². The summed E-state index contributed by atoms with van der Waals surface area (Å²) >= 11 is 0. The number of rotatable bonds is 62. The van der Waals surface area contributed by atoms with Crippen LogP contribution in [0.3, 0.4) is 0 Å². The number of hydrogen-bond acceptors (Lipinski definition) is 6. The van der Waals surface area contributed by atoms with Crippen molar-refractivity contribution in [1.29, 1.82) is 0 Å². The maximum absolute atomic E-state index is 12.9. The van der Waals surface area contributed by atoms with Gasteiger partial charge in [-0.25, -0.2) is 0 Å². The van der Waals surface area contributed by atoms with Gasteiger partial charge in [-0.05, 0) is 83.5 Å². The van der Waals surface area contributed by atoms with Gasteiger partial charge in [0.1, 0.15) is 13.2 Å². The number of unbranched alkanes of at least 4 members (excludes halogenated alkanes) is 41. The van der Waals surface area contributed by atoms with Crippen LogP contribution in [0.15, 0.2) is 60.8 Å². The number of carbonyl (C=O) groups is 3. The molecule has 0 heterocycles. The van der Waals surface area contributed by atoms with Crippen LogP contribution in [0.1, 0.15) is 355 Å². The Morgan fingerprint density at radius 1 is 0.273 bits per heavy atom. The lowest BCUT2D eigenvalue weighted by Crippen LogP contribution is -2.30. The largest absolute Gasteiger partial charge is 0.462 e. The van der Waals surface area contributed by atoms with E-state index in [1.807, 2.05) is 0 Å². The maximum atomic E-state index is 12.9. The highest BCUT2D eigenvalue weighted by Gasteiger charge is 2.19. The van der Waals surface area contributed by atoms with Gasteiger partial charge in [0.05, 0.1) is 0 Å². The lowest BCUT2D eigenvalue weighted by molar-refractivity contribution is -0.167. The highest BCUT2D eigenvalue weighted by Crippen LogP contribution is 2.18. The van der Waals surface area contributed by atoms with E-state index >= 15 is 0 Å². The topological polar surface area (TPSA) is 78.9 Å². The number of hydrogen-bond donors (Lipinski definition) is 0. The second-order valence-electron chi connectivity index (χ2n) is 22.7. The molecular weight excluding hydrogens is 949 g/mol. The minimum atomic E-state index is -0.776. The highest BCUT2D eigenvalue weighted by molar-refractivity contribution is 5.71. The predicted molar refractivity (Wildman–Crippen MR) is 335 cm³/mol. The van der Waals surface area contributed by atoms with E-state index in [1.54, 1.807) is 0 Å². The first-order valence-corrected chi connectivity index (χ1v) is 33.8. The van der Waals surface area contributed by atoms with Crippen LogP contribution in [0.25, 0.3) is 0 Å². The fraction of sp³-hybridized carbons (Fsp3) is 0.817. The van der Waals surface area contributed by atoms with Crippen molar-refractivity contribution in [3.05, 3.63) is 60.8 Å². The smallest absolute Gasteiger partial charge is 0.306 e. The summed E-state index contributed by atoms with van der Waals surface area (Å²) in [6.07, 6.45) is 83.7. The third-order valence-corrected chi connectivity index (χ3v) is 15.0. The van der Waals surface area contributed by atoms with Crippen LogP contribution in [0.2, 0.25) is 0 Å². The Hall–Kier alpha value is -2.89. The zero-order valence-corrected chi connectivity index (χ0v) is 51.5. The summed E-state index contributed by atoms with van der Waals surface area (Å²) in [7, 11) is 0. The fourth-order valence-electron chi connectivity index (χ4n) is 9.96. The molecule has 0 fully saturated rings. The van der Waals surface area contributed by atoms with Gasteiger partial charge in [0, 0.05) is 19.3 Å². The molecule has 1 unspecified atom stereocenters. The van der Waals surface area contributed by atoms with Gasteiger partial charge < -0.3 is 14.2 Å². The Morgan fingerprint density at radius 2 is 0.506 bits per heavy atom. The lowest BCUT2D eigenvalue weighted by atomic mass is 10.0. The predicted octanol–water partition coefficient (Wildman–Crippen LogP) is 23.1. The minimum absolute atomic E-state index is 0.0717. The molecule has 0 aromatic heterocycles. The van der Waals surface area contributed by atoms with Crippen molar-refractivity contribution in [3.63, 3.8) is 0 Å². The molecular formula is C71H128O6. The van der Waals surface area contributed by atoms with Crippen LogP contribution >= 0.6 is 0 Å². The molecule has 0 saturated carbocycles. The van der Waals surface area contributed by atoms with E-state index in [4.69, 9.17) is 14.2 Å². The zero-order chi connectivity index (χ0) is 55.7. The number of esters is 3. The van der Waals surface area contributed by atoms with E-state index in [1.165, 1.54) is 231 Å². The van der Waals surface area contributed by atoms with E-state index in [2.05, 4.69) is 81.5 Å². The van der Waals surface area contributed by atoms with E-state index in [0.29, 0.717) is 19.3 Å². The van der Waals surface area contributed by atoms with Gasteiger partial charge in [0.2, 0.25) is 0 Å². The highest BCUT2D eigenvalue weighted by atomic mass is 16.6. The van der Waals surface area contributed by atoms with Crippen LogP contribution in [-0.2, 0) is 28.6 Å². The third kappa shape index (κ3) is 63.8. The molecule has 0 aliphatic carbocycles. The van der Waals surface area contributed by atoms with Gasteiger partial charge in [0.25, 0.3) is 0 Å². The molecule has 0 aliphatic rings. The van der Waals surface area contributed by atoms with E-state index in [0.717, 1.165) is 83.5 Å². The van der Waals surface area contributed by atoms with Crippen LogP contribution in [-0.4, -0.2) is 37.2 Å². The third-order valence-electron chi connectivity index (χ3n) is 15.0. The van der Waals surface area contributed by atoms with E-state index < -0.39 is 6.10 Å². The molecule has 0 aliphatic heterocycles. The molecule has 0 rings (SSSR count). The molecule has 0 aromatic carbocycles. The first-order chi connectivity index (χ1) is 38.0. The first-order valence-electron chi connectivity index (χ1n) is 33.8. The van der Waals surface area contributed by atoms with E-state index in [-0.39, 0.29) is 31.1 Å². The minimum Gasteiger partial charge on any atom is -0.462 e. The Bertz CT molecular complexity index is 1380. The standard InChI is InChI=1S/C71H128O6/c1-4-7-10-13-16-19-22-25-28-31-33-34-35-36-37-38-39-41-43-46-49-52-55-58-61-64-70(73)76-67-68(66-75-69(72)63-60-57-54-51-48-45-42-30-27-24-21-18-15-12-9-6-3)77-71(74)65-62-59-56-53-50-47-44-40-32-29-26-23-20-17-14-11-8-5-2/h7,10,16,19,25,28-29,32-34,68H,4-6,8-9,11-15,17-18,20-24,26-27,30-31,35-67H2,1-3H3/b10-7-,19-16-,28-25-,32-29-,34-33-. The summed E-state index contributed by atoms with van der Waals surface area (Å²) in [5.74, 6) is -0.855. The van der Waals surface area contributed by atoms with Crippen molar-refractivity contribution in [2.45, 2.75) is 361 Å². The van der Waals surface area contributed by atoms with Crippen molar-refractivity contribution in [2.75, 3.05) is 13.2 Å². The quantitative estimate of drug-likeness (QED) is 0.0261. The molecule has 0 radical (unpaired) electrons. The van der Waals surface area contributed by atoms with Crippen LogP contribution < -0.4 is 0 Å². The normalized spacial score (nSPS) is 12.4. The average Bonchev–Trinajstić information content (AvgIpc) is 3.43. The SMILES string of the molecule is CC/C=C\C/C=C\C/C=C\C/C=C\CCCCCCCCCCCCCCC(=O)OCC(COC(=O)CCCCCCCCCCCCCCCCCC)OC(=O)CCCCCCCCC/C=C\CCCCCCCCC. The summed E-state index contributed by atoms with van der Waals surface area (Å²) in [6, 6.07) is 0. The average molecular weight is 1080 g/mol. The molecule has 0 N–H and O–H groups in total. The van der Waals surface area contributed by atoms with Gasteiger partial charge in [-0.3, -0.25) is 14.4 Å².